The number of benzene rings is 3. The highest BCUT2D eigenvalue weighted by molar-refractivity contribution is 6.08. The second-order valence-electron chi connectivity index (χ2n) is 11.4. The van der Waals surface area contributed by atoms with Crippen LogP contribution in [0.2, 0.25) is 0 Å². The summed E-state index contributed by atoms with van der Waals surface area (Å²) in [6.45, 7) is 13.1. The second-order valence-corrected chi connectivity index (χ2v) is 11.4. The third-order valence-electron chi connectivity index (χ3n) is 7.31. The fourth-order valence-corrected chi connectivity index (χ4v) is 4.84. The highest BCUT2D eigenvalue weighted by Crippen LogP contribution is 2.39. The highest BCUT2D eigenvalue weighted by atomic mass is 16.5. The first-order valence-corrected chi connectivity index (χ1v) is 14.9. The van der Waals surface area contributed by atoms with E-state index in [0.29, 0.717) is 22.9 Å². The van der Waals surface area contributed by atoms with Crippen LogP contribution in [0.1, 0.15) is 45.9 Å². The van der Waals surface area contributed by atoms with Gasteiger partial charge in [0.25, 0.3) is 0 Å². The van der Waals surface area contributed by atoms with Crippen LogP contribution in [-0.4, -0.2) is 53.9 Å². The van der Waals surface area contributed by atoms with Gasteiger partial charge in [-0.1, -0.05) is 65.0 Å². The lowest BCUT2D eigenvalue weighted by atomic mass is 9.86. The molecule has 4 rings (SSSR count). The van der Waals surface area contributed by atoms with E-state index in [1.807, 2.05) is 69.3 Å². The highest BCUT2D eigenvalue weighted by Gasteiger charge is 2.22. The molecule has 0 aliphatic rings. The minimum absolute atomic E-state index is 0.203. The Hall–Kier alpha value is -5.09. The van der Waals surface area contributed by atoms with E-state index in [9.17, 15) is 14.7 Å². The van der Waals surface area contributed by atoms with E-state index in [-0.39, 0.29) is 16.9 Å². The number of pyridine rings is 1. The third kappa shape index (κ3) is 8.51. The number of hydrogen-bond acceptors (Lipinski definition) is 6. The number of carbonyl (C=O) groups excluding carboxylic acids is 1. The Morgan fingerprint density at radius 1 is 0.911 bits per heavy atom. The average molecular weight is 612 g/mol. The van der Waals surface area contributed by atoms with Crippen LogP contribution in [0.15, 0.2) is 72.9 Å². The van der Waals surface area contributed by atoms with Gasteiger partial charge in [0.05, 0.1) is 29.9 Å². The van der Waals surface area contributed by atoms with Crippen molar-refractivity contribution in [2.75, 3.05) is 42.7 Å². The molecule has 4 aromatic rings. The number of rotatable bonds is 11. The lowest BCUT2D eigenvalue weighted by Crippen LogP contribution is -2.22. The van der Waals surface area contributed by atoms with Gasteiger partial charge in [0.1, 0.15) is 11.5 Å². The van der Waals surface area contributed by atoms with E-state index in [1.165, 1.54) is 7.11 Å². The summed E-state index contributed by atoms with van der Waals surface area (Å²) in [6.07, 6.45) is 4.56. The predicted molar refractivity (Wildman–Crippen MR) is 181 cm³/mol. The molecular formula is C35H41N5O5. The standard InChI is InChI=1S/C35H41N5O5/c1-7-40(8-2)19-11-12-24-22-25(17-18-36-24)45-31-16-15-28(26-13-9-10-14-27(26)31)37-33(41)38-29-20-23(35(3,4)5)21-30(32(29)44-6)39-34(42)43/h9-18,20-22,39H,7-8,19H2,1-6H3,(H,42,43)(H2,37,38,41)/b12-11+. The molecule has 0 radical (unpaired) electrons. The minimum atomic E-state index is -1.24. The second kappa shape index (κ2) is 14.6. The topological polar surface area (TPSA) is 125 Å². The number of nitrogens with one attached hydrogen (secondary N) is 3. The molecule has 1 aromatic heterocycles. The molecule has 3 aromatic carbocycles. The fourth-order valence-electron chi connectivity index (χ4n) is 4.84. The van der Waals surface area contributed by atoms with Crippen LogP contribution in [-0.2, 0) is 5.41 Å². The van der Waals surface area contributed by atoms with Gasteiger partial charge in [-0.15, -0.1) is 0 Å². The summed E-state index contributed by atoms with van der Waals surface area (Å²) in [5.41, 5.74) is 2.42. The molecule has 236 valence electrons. The Kier molecular flexibility index (Phi) is 10.6. The van der Waals surface area contributed by atoms with Gasteiger partial charge in [0.15, 0.2) is 5.75 Å². The van der Waals surface area contributed by atoms with Crippen LogP contribution < -0.4 is 25.4 Å². The van der Waals surface area contributed by atoms with Crippen molar-refractivity contribution in [3.63, 3.8) is 0 Å². The van der Waals surface area contributed by atoms with Crippen LogP contribution in [0, 0.1) is 0 Å². The molecule has 0 aliphatic carbocycles. The molecule has 0 spiro atoms. The molecule has 0 saturated heterocycles. The third-order valence-corrected chi connectivity index (χ3v) is 7.31. The number of carbonyl (C=O) groups is 2. The van der Waals surface area contributed by atoms with Crippen molar-refractivity contribution in [3.05, 3.63) is 84.2 Å². The van der Waals surface area contributed by atoms with Crippen molar-refractivity contribution in [3.8, 4) is 17.2 Å². The van der Waals surface area contributed by atoms with E-state index < -0.39 is 12.1 Å². The van der Waals surface area contributed by atoms with Crippen molar-refractivity contribution in [2.45, 2.75) is 40.0 Å². The molecule has 0 unspecified atom stereocenters. The fraction of sp³-hybridized carbons (Fsp3) is 0.286. The SMILES string of the molecule is CCN(CC)C/C=C/c1cc(Oc2ccc(NC(=O)Nc3cc(C(C)(C)C)cc(NC(=O)O)c3OC)c3ccccc23)ccn1. The normalized spacial score (nSPS) is 11.5. The van der Waals surface area contributed by atoms with E-state index in [4.69, 9.17) is 9.47 Å². The molecule has 4 N–H and O–H groups in total. The van der Waals surface area contributed by atoms with Gasteiger partial charge < -0.3 is 30.1 Å². The number of aromatic nitrogens is 1. The number of likely N-dealkylation sites (N-methyl/N-ethyl adjacent to an activating group) is 1. The van der Waals surface area contributed by atoms with Gasteiger partial charge in [-0.2, -0.15) is 0 Å². The zero-order valence-corrected chi connectivity index (χ0v) is 26.6. The van der Waals surface area contributed by atoms with E-state index in [1.54, 1.807) is 24.4 Å². The molecule has 0 aliphatic heterocycles. The Morgan fingerprint density at radius 3 is 2.22 bits per heavy atom. The maximum absolute atomic E-state index is 13.3. The Bertz CT molecular complexity index is 1690. The number of amides is 3. The van der Waals surface area contributed by atoms with Crippen LogP contribution in [0.4, 0.5) is 26.7 Å². The number of nitrogens with zero attached hydrogens (tertiary/aromatic N) is 2. The molecule has 0 saturated carbocycles. The summed E-state index contributed by atoms with van der Waals surface area (Å²) in [4.78, 5) is 31.5. The van der Waals surface area contributed by atoms with Gasteiger partial charge in [0, 0.05) is 29.6 Å². The first-order chi connectivity index (χ1) is 21.5. The Balaban J connectivity index is 1.57. The molecule has 0 fully saturated rings. The van der Waals surface area contributed by atoms with E-state index >= 15 is 0 Å². The van der Waals surface area contributed by atoms with Crippen molar-refractivity contribution >= 4 is 46.0 Å². The number of urea groups is 1. The van der Waals surface area contributed by atoms with Crippen molar-refractivity contribution < 1.29 is 24.2 Å². The number of methoxy groups -OCH3 is 1. The van der Waals surface area contributed by atoms with Gasteiger partial charge in [-0.3, -0.25) is 10.3 Å². The van der Waals surface area contributed by atoms with Crippen molar-refractivity contribution in [2.24, 2.45) is 0 Å². The number of anilines is 3. The maximum atomic E-state index is 13.3. The number of hydrogen-bond donors (Lipinski definition) is 4. The lowest BCUT2D eigenvalue weighted by Gasteiger charge is -2.23. The average Bonchev–Trinajstić information content (AvgIpc) is 3.00. The summed E-state index contributed by atoms with van der Waals surface area (Å²) in [5, 5.41) is 19.1. The Morgan fingerprint density at radius 2 is 1.58 bits per heavy atom. The van der Waals surface area contributed by atoms with Gasteiger partial charge in [0.2, 0.25) is 0 Å². The molecule has 3 amide bonds. The quantitative estimate of drug-likeness (QED) is 0.134. The largest absolute Gasteiger partial charge is 0.492 e. The summed E-state index contributed by atoms with van der Waals surface area (Å²) < 4.78 is 11.8. The lowest BCUT2D eigenvalue weighted by molar-refractivity contribution is 0.209. The number of fused-ring (bicyclic) bond motifs is 1. The molecule has 10 nitrogen and oxygen atoms in total. The van der Waals surface area contributed by atoms with Crippen LogP contribution >= 0.6 is 0 Å². The molecule has 45 heavy (non-hydrogen) atoms. The molecule has 0 bridgehead atoms. The first-order valence-electron chi connectivity index (χ1n) is 14.9. The zero-order valence-electron chi connectivity index (χ0n) is 26.6. The van der Waals surface area contributed by atoms with Crippen LogP contribution in [0.25, 0.3) is 16.8 Å². The van der Waals surface area contributed by atoms with Gasteiger partial charge in [-0.25, -0.2) is 9.59 Å². The molecule has 1 heterocycles. The van der Waals surface area contributed by atoms with E-state index in [0.717, 1.165) is 41.7 Å². The number of ether oxygens (including phenoxy) is 2. The summed E-state index contributed by atoms with van der Waals surface area (Å²) in [6, 6.07) is 17.9. The van der Waals surface area contributed by atoms with Gasteiger partial charge >= 0.3 is 12.1 Å². The van der Waals surface area contributed by atoms with Crippen LogP contribution in [0.3, 0.4) is 0 Å². The summed E-state index contributed by atoms with van der Waals surface area (Å²) in [5.74, 6) is 1.48. The van der Waals surface area contributed by atoms with Crippen molar-refractivity contribution in [1.82, 2.24) is 9.88 Å². The van der Waals surface area contributed by atoms with Crippen LogP contribution in [0.5, 0.6) is 17.2 Å². The summed E-state index contributed by atoms with van der Waals surface area (Å²) in [7, 11) is 1.42. The minimum Gasteiger partial charge on any atom is -0.492 e. The van der Waals surface area contributed by atoms with E-state index in [2.05, 4.69) is 45.8 Å². The maximum Gasteiger partial charge on any atom is 0.409 e. The molecular weight excluding hydrogens is 570 g/mol. The molecule has 0 atom stereocenters. The molecule has 10 heteroatoms. The number of carboxylic acid groups (broad SMARTS) is 1. The Labute approximate surface area is 264 Å². The van der Waals surface area contributed by atoms with Crippen molar-refractivity contribution in [1.29, 1.82) is 0 Å². The predicted octanol–water partition coefficient (Wildman–Crippen LogP) is 8.42. The van der Waals surface area contributed by atoms with Gasteiger partial charge in [-0.05, 0) is 60.5 Å². The smallest absolute Gasteiger partial charge is 0.409 e. The first kappa shape index (κ1) is 32.8. The monoisotopic (exact) mass is 611 g/mol. The zero-order chi connectivity index (χ0) is 32.6. The summed E-state index contributed by atoms with van der Waals surface area (Å²) >= 11 is 0.